The van der Waals surface area contributed by atoms with Crippen molar-refractivity contribution in [3.05, 3.63) is 0 Å². The molecule has 0 spiro atoms. The van der Waals surface area contributed by atoms with Crippen molar-refractivity contribution in [2.45, 2.75) is 54.3 Å². The minimum Gasteiger partial charge on any atom is -0.480 e. The number of carbonyl (C=O) groups is 3. The molecule has 0 aromatic heterocycles. The van der Waals surface area contributed by atoms with Crippen molar-refractivity contribution < 1.29 is 45.0 Å². The van der Waals surface area contributed by atoms with Gasteiger partial charge in [-0.3, -0.25) is 14.4 Å². The van der Waals surface area contributed by atoms with Crippen LogP contribution in [0.3, 0.4) is 0 Å². The third kappa shape index (κ3) is 6.17. The second-order valence-electron chi connectivity index (χ2n) is 8.30. The molecule has 0 rings (SSSR count). The number of hydrogen-bond acceptors (Lipinski definition) is 9. The van der Waals surface area contributed by atoms with Crippen LogP contribution in [0.25, 0.3) is 0 Å². The Kier molecular flexibility index (Phi) is 9.43. The quantitative estimate of drug-likeness (QED) is 0.172. The van der Waals surface area contributed by atoms with Crippen LogP contribution in [0.4, 0.5) is 0 Å². The molecule has 29 heavy (non-hydrogen) atoms. The van der Waals surface area contributed by atoms with Crippen LogP contribution in [0.5, 0.6) is 0 Å². The van der Waals surface area contributed by atoms with E-state index in [0.29, 0.717) is 0 Å². The first-order valence-electron chi connectivity index (χ1n) is 8.58. The van der Waals surface area contributed by atoms with Gasteiger partial charge in [0.15, 0.2) is 0 Å². The SMILES string of the molecule is CC(S)(CC(CC(C)(S)C(=O)O)(CC(C)(S)C(=O)O)C(CO)(CO)CO)C(=O)O. The molecule has 0 aliphatic heterocycles. The summed E-state index contributed by atoms with van der Waals surface area (Å²) < 4.78 is -5.47. The molecule has 170 valence electrons. The lowest BCUT2D eigenvalue weighted by Gasteiger charge is -2.54. The molecule has 12 heteroatoms. The molecule has 6 N–H and O–H groups in total. The van der Waals surface area contributed by atoms with Gasteiger partial charge in [-0.25, -0.2) is 0 Å². The molecule has 0 aliphatic rings. The van der Waals surface area contributed by atoms with Gasteiger partial charge in [-0.2, -0.15) is 37.9 Å². The van der Waals surface area contributed by atoms with Crippen molar-refractivity contribution in [1.82, 2.24) is 0 Å². The number of carboxylic acids is 3. The molecule has 0 heterocycles. The maximum absolute atomic E-state index is 11.8. The molecule has 0 radical (unpaired) electrons. The molecular formula is C17H30O9S3. The van der Waals surface area contributed by atoms with Gasteiger partial charge in [-0.05, 0) is 45.4 Å². The van der Waals surface area contributed by atoms with E-state index in [4.69, 9.17) is 0 Å². The van der Waals surface area contributed by atoms with E-state index in [1.807, 2.05) is 0 Å². The normalized spacial score (nSPS) is 20.6. The highest BCUT2D eigenvalue weighted by Gasteiger charge is 2.59. The Hall–Kier alpha value is -0.660. The van der Waals surface area contributed by atoms with Gasteiger partial charge in [0, 0.05) is 5.41 Å². The van der Waals surface area contributed by atoms with E-state index in [2.05, 4.69) is 37.9 Å². The van der Waals surface area contributed by atoms with E-state index < -0.39 is 82.1 Å². The summed E-state index contributed by atoms with van der Waals surface area (Å²) in [7, 11) is 0. The van der Waals surface area contributed by atoms with E-state index in [9.17, 15) is 45.0 Å². The van der Waals surface area contributed by atoms with Gasteiger partial charge >= 0.3 is 17.9 Å². The van der Waals surface area contributed by atoms with Gasteiger partial charge in [-0.1, -0.05) is 0 Å². The largest absolute Gasteiger partial charge is 0.480 e. The minimum atomic E-state index is -1.86. The number of thiol groups is 3. The number of aliphatic hydroxyl groups excluding tert-OH is 3. The minimum absolute atomic E-state index is 0.493. The summed E-state index contributed by atoms with van der Waals surface area (Å²) in [6.07, 6.45) is -1.48. The number of carboxylic acid groups (broad SMARTS) is 3. The summed E-state index contributed by atoms with van der Waals surface area (Å²) in [6.45, 7) is 1.02. The summed E-state index contributed by atoms with van der Waals surface area (Å²) in [5.74, 6) is -4.17. The first kappa shape index (κ1) is 28.3. The van der Waals surface area contributed by atoms with Gasteiger partial charge in [0.2, 0.25) is 0 Å². The van der Waals surface area contributed by atoms with Crippen LogP contribution < -0.4 is 0 Å². The zero-order valence-electron chi connectivity index (χ0n) is 16.5. The number of aliphatic carboxylic acids is 3. The van der Waals surface area contributed by atoms with Crippen molar-refractivity contribution in [3.8, 4) is 0 Å². The van der Waals surface area contributed by atoms with Crippen molar-refractivity contribution in [1.29, 1.82) is 0 Å². The van der Waals surface area contributed by atoms with E-state index in [0.717, 1.165) is 0 Å². The maximum atomic E-state index is 11.8. The van der Waals surface area contributed by atoms with Crippen molar-refractivity contribution in [2.75, 3.05) is 19.8 Å². The number of aliphatic hydroxyl groups is 3. The fourth-order valence-corrected chi connectivity index (χ4v) is 4.51. The van der Waals surface area contributed by atoms with Gasteiger partial charge in [0.1, 0.15) is 14.2 Å². The summed E-state index contributed by atoms with van der Waals surface area (Å²) in [6, 6.07) is 0. The Morgan fingerprint density at radius 1 is 0.586 bits per heavy atom. The van der Waals surface area contributed by atoms with Crippen LogP contribution >= 0.6 is 37.9 Å². The van der Waals surface area contributed by atoms with Crippen LogP contribution in [0.15, 0.2) is 0 Å². The summed E-state index contributed by atoms with van der Waals surface area (Å²) >= 11 is 12.4. The lowest BCUT2D eigenvalue weighted by Crippen LogP contribution is -2.59. The lowest BCUT2D eigenvalue weighted by atomic mass is 9.54. The molecule has 9 nitrogen and oxygen atoms in total. The maximum Gasteiger partial charge on any atom is 0.319 e. The number of hydrogen-bond donors (Lipinski definition) is 9. The molecule has 0 saturated carbocycles. The van der Waals surface area contributed by atoms with Crippen LogP contribution in [-0.4, -0.2) is 82.6 Å². The Bertz CT molecular complexity index is 550. The fraction of sp³-hybridized carbons (Fsp3) is 0.824. The van der Waals surface area contributed by atoms with Crippen molar-refractivity contribution in [3.63, 3.8) is 0 Å². The van der Waals surface area contributed by atoms with Crippen LogP contribution in [0, 0.1) is 10.8 Å². The van der Waals surface area contributed by atoms with E-state index in [1.54, 1.807) is 0 Å². The Morgan fingerprint density at radius 2 is 0.793 bits per heavy atom. The van der Waals surface area contributed by atoms with E-state index in [-0.39, 0.29) is 0 Å². The van der Waals surface area contributed by atoms with Crippen LogP contribution in [-0.2, 0) is 14.4 Å². The lowest BCUT2D eigenvalue weighted by molar-refractivity contribution is -0.154. The summed E-state index contributed by atoms with van der Waals surface area (Å²) in [5, 5.41) is 59.0. The molecule has 0 aromatic rings. The van der Waals surface area contributed by atoms with Crippen LogP contribution in [0.2, 0.25) is 0 Å². The zero-order chi connectivity index (χ0) is 23.5. The average Bonchev–Trinajstić information content (AvgIpc) is 2.54. The van der Waals surface area contributed by atoms with Crippen molar-refractivity contribution >= 4 is 55.8 Å². The molecule has 0 amide bonds. The average molecular weight is 475 g/mol. The Balaban J connectivity index is 7.05. The van der Waals surface area contributed by atoms with Gasteiger partial charge < -0.3 is 30.6 Å². The molecule has 0 bridgehead atoms. The van der Waals surface area contributed by atoms with E-state index >= 15 is 0 Å². The van der Waals surface area contributed by atoms with Crippen LogP contribution in [0.1, 0.15) is 40.0 Å². The fourth-order valence-electron chi connectivity index (χ4n) is 3.61. The van der Waals surface area contributed by atoms with Crippen molar-refractivity contribution in [2.24, 2.45) is 10.8 Å². The Morgan fingerprint density at radius 3 is 0.931 bits per heavy atom. The molecule has 3 unspecified atom stereocenters. The third-order valence-corrected chi connectivity index (χ3v) is 6.51. The summed E-state index contributed by atoms with van der Waals surface area (Å²) in [5.41, 5.74) is -3.62. The van der Waals surface area contributed by atoms with Gasteiger partial charge in [-0.15, -0.1) is 0 Å². The molecular weight excluding hydrogens is 444 g/mol. The zero-order valence-corrected chi connectivity index (χ0v) is 19.2. The third-order valence-electron chi connectivity index (χ3n) is 5.46. The molecule has 0 fully saturated rings. The van der Waals surface area contributed by atoms with E-state index in [1.165, 1.54) is 20.8 Å². The standard InChI is InChI=1S/C17H30O9S3/c1-13(27,10(21)22)4-16(5-14(2,28)11(23)24,6-15(3,29)12(25)26)17(7-18,8-19)9-20/h18-20,27-29H,4-9H2,1-3H3,(H,21,22)(H,23,24)(H,25,26). The molecule has 0 aromatic carbocycles. The molecule has 0 aliphatic carbocycles. The molecule has 0 saturated heterocycles. The second kappa shape index (κ2) is 9.65. The van der Waals surface area contributed by atoms with Gasteiger partial charge in [0.05, 0.1) is 19.8 Å². The highest BCUT2D eigenvalue weighted by atomic mass is 32.1. The highest BCUT2D eigenvalue weighted by Crippen LogP contribution is 2.57. The number of rotatable bonds is 13. The predicted molar refractivity (Wildman–Crippen MR) is 115 cm³/mol. The molecule has 3 atom stereocenters. The van der Waals surface area contributed by atoms with Gasteiger partial charge in [0.25, 0.3) is 0 Å². The smallest absolute Gasteiger partial charge is 0.319 e. The first-order valence-corrected chi connectivity index (χ1v) is 9.93. The Labute approximate surface area is 185 Å². The second-order valence-corrected chi connectivity index (χ2v) is 11.3. The summed E-state index contributed by atoms with van der Waals surface area (Å²) in [4.78, 5) is 35.3. The monoisotopic (exact) mass is 474 g/mol. The highest BCUT2D eigenvalue weighted by molar-refractivity contribution is 7.83. The topological polar surface area (TPSA) is 173 Å². The predicted octanol–water partition coefficient (Wildman–Crippen LogP) is 0.426. The first-order chi connectivity index (χ1) is 12.9.